The summed E-state index contributed by atoms with van der Waals surface area (Å²) in [5.41, 5.74) is 1.33. The third kappa shape index (κ3) is 3.25. The SMILES string of the molecule is COc1ccc(N(C)C(=O)[n+]2ccc(C(C)=O)cc2)cc1. The third-order valence-corrected chi connectivity index (χ3v) is 3.20. The minimum Gasteiger partial charge on any atom is -0.497 e. The number of benzene rings is 1. The highest BCUT2D eigenvalue weighted by Gasteiger charge is 2.22. The van der Waals surface area contributed by atoms with Crippen LogP contribution in [0.2, 0.25) is 0 Å². The van der Waals surface area contributed by atoms with E-state index in [9.17, 15) is 9.59 Å². The summed E-state index contributed by atoms with van der Waals surface area (Å²) in [6, 6.07) is 10.2. The van der Waals surface area contributed by atoms with Gasteiger partial charge in [0.1, 0.15) is 23.8 Å². The summed E-state index contributed by atoms with van der Waals surface area (Å²) in [6.07, 6.45) is 3.16. The van der Waals surface area contributed by atoms with Gasteiger partial charge in [-0.2, -0.15) is 14.3 Å². The highest BCUT2D eigenvalue weighted by atomic mass is 16.5. The lowest BCUT2D eigenvalue weighted by atomic mass is 10.2. The number of carbonyl (C=O) groups excluding carboxylic acids is 2. The molecule has 1 aromatic carbocycles. The Hall–Kier alpha value is -2.69. The fourth-order valence-electron chi connectivity index (χ4n) is 1.88. The van der Waals surface area contributed by atoms with Crippen LogP contribution in [-0.2, 0) is 0 Å². The molecule has 2 aromatic rings. The van der Waals surface area contributed by atoms with Gasteiger partial charge in [0, 0.05) is 5.56 Å². The Labute approximate surface area is 123 Å². The van der Waals surface area contributed by atoms with Crippen LogP contribution in [0, 0.1) is 0 Å². The van der Waals surface area contributed by atoms with Crippen LogP contribution in [0.3, 0.4) is 0 Å². The predicted molar refractivity (Wildman–Crippen MR) is 78.8 cm³/mol. The highest BCUT2D eigenvalue weighted by Crippen LogP contribution is 2.17. The molecule has 1 heterocycles. The van der Waals surface area contributed by atoms with Crippen molar-refractivity contribution in [2.75, 3.05) is 19.1 Å². The number of carbonyl (C=O) groups is 2. The molecule has 21 heavy (non-hydrogen) atoms. The first-order valence-electron chi connectivity index (χ1n) is 6.47. The summed E-state index contributed by atoms with van der Waals surface area (Å²) in [4.78, 5) is 25.1. The zero-order chi connectivity index (χ0) is 15.4. The monoisotopic (exact) mass is 285 g/mol. The molecule has 1 aromatic heterocycles. The number of aromatic nitrogens is 1. The number of nitrogens with zero attached hydrogens (tertiary/aromatic N) is 2. The first kappa shape index (κ1) is 14.7. The van der Waals surface area contributed by atoms with E-state index >= 15 is 0 Å². The van der Waals surface area contributed by atoms with Gasteiger partial charge in [-0.15, -0.1) is 0 Å². The Morgan fingerprint density at radius 2 is 1.62 bits per heavy atom. The van der Waals surface area contributed by atoms with E-state index in [4.69, 9.17) is 4.74 Å². The largest absolute Gasteiger partial charge is 0.502 e. The van der Waals surface area contributed by atoms with Crippen LogP contribution in [0.5, 0.6) is 5.75 Å². The molecule has 2 rings (SSSR count). The van der Waals surface area contributed by atoms with Gasteiger partial charge in [0.15, 0.2) is 5.78 Å². The van der Waals surface area contributed by atoms with Crippen molar-refractivity contribution in [3.63, 3.8) is 0 Å². The van der Waals surface area contributed by atoms with Crippen LogP contribution in [0.4, 0.5) is 10.5 Å². The fourth-order valence-corrected chi connectivity index (χ4v) is 1.88. The Morgan fingerprint density at radius 3 is 2.10 bits per heavy atom. The Kier molecular flexibility index (Phi) is 4.33. The summed E-state index contributed by atoms with van der Waals surface area (Å²) >= 11 is 0. The van der Waals surface area contributed by atoms with E-state index < -0.39 is 0 Å². The molecule has 0 bridgehead atoms. The second-order valence-corrected chi connectivity index (χ2v) is 4.59. The van der Waals surface area contributed by atoms with Gasteiger partial charge in [0.2, 0.25) is 0 Å². The smallest absolute Gasteiger partial charge is 0.497 e. The quantitative estimate of drug-likeness (QED) is 0.642. The number of anilines is 1. The van der Waals surface area contributed by atoms with Crippen molar-refractivity contribution in [1.82, 2.24) is 0 Å². The number of amides is 1. The van der Waals surface area contributed by atoms with E-state index in [0.29, 0.717) is 5.56 Å². The van der Waals surface area contributed by atoms with Gasteiger partial charge in [-0.3, -0.25) is 4.79 Å². The summed E-state index contributed by atoms with van der Waals surface area (Å²) in [5.74, 6) is 0.705. The highest BCUT2D eigenvalue weighted by molar-refractivity contribution is 5.93. The summed E-state index contributed by atoms with van der Waals surface area (Å²) in [6.45, 7) is 1.49. The first-order valence-corrected chi connectivity index (χ1v) is 6.47. The van der Waals surface area contributed by atoms with Gasteiger partial charge < -0.3 is 4.74 Å². The molecule has 0 unspecified atom stereocenters. The molecule has 0 aliphatic rings. The second kappa shape index (κ2) is 6.17. The molecule has 0 fully saturated rings. The van der Waals surface area contributed by atoms with Crippen molar-refractivity contribution in [3.05, 3.63) is 54.4 Å². The Balaban J connectivity index is 2.19. The average molecular weight is 285 g/mol. The van der Waals surface area contributed by atoms with Crippen LogP contribution < -0.4 is 14.2 Å². The van der Waals surface area contributed by atoms with Gasteiger partial charge >= 0.3 is 6.03 Å². The van der Waals surface area contributed by atoms with Crippen LogP contribution in [-0.4, -0.2) is 26.0 Å². The number of rotatable bonds is 3. The molecule has 5 nitrogen and oxygen atoms in total. The molecule has 0 radical (unpaired) electrons. The first-order chi connectivity index (χ1) is 10.0. The molecule has 0 aliphatic heterocycles. The molecule has 5 heteroatoms. The molecule has 108 valence electrons. The molecular weight excluding hydrogens is 268 g/mol. The van der Waals surface area contributed by atoms with E-state index in [2.05, 4.69) is 0 Å². The summed E-state index contributed by atoms with van der Waals surface area (Å²) in [5, 5.41) is 0. The van der Waals surface area contributed by atoms with Gasteiger partial charge in [0.25, 0.3) is 0 Å². The lowest BCUT2D eigenvalue weighted by molar-refractivity contribution is -0.569. The number of ketones is 1. The molecule has 0 saturated heterocycles. The maximum Gasteiger partial charge on any atom is 0.502 e. The maximum absolute atomic E-state index is 12.4. The topological polar surface area (TPSA) is 50.5 Å². The van der Waals surface area contributed by atoms with Gasteiger partial charge in [-0.05, 0) is 43.3 Å². The molecule has 0 atom stereocenters. The Bertz CT molecular complexity index is 648. The lowest BCUT2D eigenvalue weighted by Gasteiger charge is -2.10. The minimum absolute atomic E-state index is 0.0295. The van der Waals surface area contributed by atoms with Gasteiger partial charge in [0.05, 0.1) is 14.2 Å². The summed E-state index contributed by atoms with van der Waals surface area (Å²) in [7, 11) is 3.28. The van der Waals surface area contributed by atoms with Crippen molar-refractivity contribution in [2.24, 2.45) is 0 Å². The number of hydrogen-bond donors (Lipinski definition) is 0. The number of ether oxygens (including phenoxy) is 1. The van der Waals surface area contributed by atoms with E-state index in [1.165, 1.54) is 16.4 Å². The van der Waals surface area contributed by atoms with Crippen LogP contribution in [0.1, 0.15) is 17.3 Å². The van der Waals surface area contributed by atoms with Crippen molar-refractivity contribution in [2.45, 2.75) is 6.92 Å². The number of methoxy groups -OCH3 is 1. The van der Waals surface area contributed by atoms with E-state index in [-0.39, 0.29) is 11.8 Å². The summed E-state index contributed by atoms with van der Waals surface area (Å²) < 4.78 is 6.52. The normalized spacial score (nSPS) is 10.0. The fraction of sp³-hybridized carbons (Fsp3) is 0.188. The van der Waals surface area contributed by atoms with Crippen molar-refractivity contribution in [3.8, 4) is 5.75 Å². The number of Topliss-reactive ketones (excluding diaryl/α,β-unsaturated/α-hetero) is 1. The predicted octanol–water partition coefficient (Wildman–Crippen LogP) is 2.29. The van der Waals surface area contributed by atoms with Crippen LogP contribution >= 0.6 is 0 Å². The van der Waals surface area contributed by atoms with Gasteiger partial charge in [-0.25, -0.2) is 0 Å². The number of hydrogen-bond acceptors (Lipinski definition) is 3. The van der Waals surface area contributed by atoms with E-state index in [0.717, 1.165) is 11.4 Å². The third-order valence-electron chi connectivity index (χ3n) is 3.20. The average Bonchev–Trinajstić information content (AvgIpc) is 2.53. The second-order valence-electron chi connectivity index (χ2n) is 4.59. The standard InChI is InChI=1S/C16H17N2O3/c1-12(19)13-8-10-18(11-9-13)16(20)17(2)14-4-6-15(21-3)7-5-14/h4-11H,1-3H3/q+1. The van der Waals surface area contributed by atoms with Crippen molar-refractivity contribution in [1.29, 1.82) is 0 Å². The molecule has 1 amide bonds. The molecule has 0 aliphatic carbocycles. The number of pyridine rings is 1. The van der Waals surface area contributed by atoms with Gasteiger partial charge in [-0.1, -0.05) is 0 Å². The molecular formula is C16H17N2O3+. The van der Waals surface area contributed by atoms with Crippen molar-refractivity contribution >= 4 is 17.5 Å². The zero-order valence-corrected chi connectivity index (χ0v) is 12.2. The van der Waals surface area contributed by atoms with E-state index in [1.807, 2.05) is 0 Å². The van der Waals surface area contributed by atoms with Crippen LogP contribution in [0.25, 0.3) is 0 Å². The Morgan fingerprint density at radius 1 is 1.05 bits per heavy atom. The molecule has 0 spiro atoms. The van der Waals surface area contributed by atoms with E-state index in [1.54, 1.807) is 62.9 Å². The molecule has 0 N–H and O–H groups in total. The zero-order valence-electron chi connectivity index (χ0n) is 12.2. The maximum atomic E-state index is 12.4. The molecule has 0 saturated carbocycles. The van der Waals surface area contributed by atoms with Crippen LogP contribution in [0.15, 0.2) is 48.8 Å². The minimum atomic E-state index is -0.213. The lowest BCUT2D eigenvalue weighted by Crippen LogP contribution is -2.50. The van der Waals surface area contributed by atoms with Crippen molar-refractivity contribution < 1.29 is 18.9 Å².